The number of hydrogen-bond donors (Lipinski definition) is 2. The Hall–Kier alpha value is -3.08. The summed E-state index contributed by atoms with van der Waals surface area (Å²) in [6, 6.07) is 16.0. The molecule has 0 aromatic heterocycles. The predicted octanol–water partition coefficient (Wildman–Crippen LogP) is 2.56. The van der Waals surface area contributed by atoms with E-state index in [-0.39, 0.29) is 5.91 Å². The van der Waals surface area contributed by atoms with Crippen molar-refractivity contribution < 1.29 is 14.3 Å². The monoisotopic (exact) mass is 310 g/mol. The van der Waals surface area contributed by atoms with Crippen LogP contribution in [0.25, 0.3) is 6.08 Å². The fraction of sp³-hybridized carbons (Fsp3) is 0.111. The number of hydrazine groups is 1. The lowest BCUT2D eigenvalue weighted by Gasteiger charge is -2.05. The predicted molar refractivity (Wildman–Crippen MR) is 88.7 cm³/mol. The molecule has 0 atom stereocenters. The minimum atomic E-state index is -0.414. The van der Waals surface area contributed by atoms with E-state index in [1.807, 2.05) is 37.3 Å². The van der Waals surface area contributed by atoms with Crippen LogP contribution in [0.4, 0.5) is 0 Å². The van der Waals surface area contributed by atoms with Crippen LogP contribution < -0.4 is 15.6 Å². The van der Waals surface area contributed by atoms with Gasteiger partial charge in [0.25, 0.3) is 11.8 Å². The zero-order valence-electron chi connectivity index (χ0n) is 12.8. The number of carbonyl (C=O) groups excluding carboxylic acids is 2. The summed E-state index contributed by atoms with van der Waals surface area (Å²) in [6.45, 7) is 2.53. The lowest BCUT2D eigenvalue weighted by Crippen LogP contribution is -2.40. The molecule has 118 valence electrons. The minimum absolute atomic E-state index is 0.367. The summed E-state index contributed by atoms with van der Waals surface area (Å²) in [5.41, 5.74) is 6.02. The van der Waals surface area contributed by atoms with Crippen LogP contribution in [-0.2, 0) is 4.79 Å². The van der Waals surface area contributed by atoms with Gasteiger partial charge < -0.3 is 4.74 Å². The van der Waals surface area contributed by atoms with Gasteiger partial charge in [-0.3, -0.25) is 20.4 Å². The van der Waals surface area contributed by atoms with Crippen LogP contribution >= 0.6 is 0 Å². The molecule has 0 aliphatic heterocycles. The molecule has 2 N–H and O–H groups in total. The van der Waals surface area contributed by atoms with Gasteiger partial charge in [0.15, 0.2) is 0 Å². The Bertz CT molecular complexity index is 679. The molecule has 0 spiro atoms. The van der Waals surface area contributed by atoms with E-state index in [2.05, 4.69) is 10.9 Å². The summed E-state index contributed by atoms with van der Waals surface area (Å²) < 4.78 is 5.34. The van der Waals surface area contributed by atoms with Crippen molar-refractivity contribution in [3.8, 4) is 5.75 Å². The van der Waals surface area contributed by atoms with E-state index in [1.165, 1.54) is 6.08 Å². The summed E-state index contributed by atoms with van der Waals surface area (Å²) in [4.78, 5) is 23.4. The van der Waals surface area contributed by atoms with E-state index in [4.69, 9.17) is 4.74 Å². The van der Waals surface area contributed by atoms with Crippen LogP contribution in [0.3, 0.4) is 0 Å². The second-order valence-electron chi connectivity index (χ2n) is 4.64. The van der Waals surface area contributed by atoms with Gasteiger partial charge in [-0.25, -0.2) is 0 Å². The van der Waals surface area contributed by atoms with Crippen molar-refractivity contribution in [2.24, 2.45) is 0 Å². The van der Waals surface area contributed by atoms with Crippen molar-refractivity contribution in [1.82, 2.24) is 10.9 Å². The Morgan fingerprint density at radius 2 is 1.70 bits per heavy atom. The Balaban J connectivity index is 1.83. The lowest BCUT2D eigenvalue weighted by molar-refractivity contribution is -0.117. The first kappa shape index (κ1) is 16.3. The van der Waals surface area contributed by atoms with Gasteiger partial charge in [-0.15, -0.1) is 0 Å². The second-order valence-corrected chi connectivity index (χ2v) is 4.64. The molecule has 5 heteroatoms. The van der Waals surface area contributed by atoms with Crippen molar-refractivity contribution in [2.75, 3.05) is 6.61 Å². The van der Waals surface area contributed by atoms with Gasteiger partial charge in [-0.05, 0) is 42.8 Å². The lowest BCUT2D eigenvalue weighted by atomic mass is 10.2. The largest absolute Gasteiger partial charge is 0.494 e. The van der Waals surface area contributed by atoms with Crippen molar-refractivity contribution in [2.45, 2.75) is 6.92 Å². The highest BCUT2D eigenvalue weighted by atomic mass is 16.5. The van der Waals surface area contributed by atoms with Gasteiger partial charge in [0, 0.05) is 11.6 Å². The minimum Gasteiger partial charge on any atom is -0.494 e. The average molecular weight is 310 g/mol. The summed E-state index contributed by atoms with van der Waals surface area (Å²) in [7, 11) is 0. The SMILES string of the molecule is CCOc1ccc(/C=C/C(=O)NNC(=O)c2ccccc2)cc1. The molecule has 2 rings (SSSR count). The third kappa shape index (κ3) is 5.32. The molecule has 5 nitrogen and oxygen atoms in total. The number of carbonyl (C=O) groups is 2. The number of benzene rings is 2. The summed E-state index contributed by atoms with van der Waals surface area (Å²) in [5.74, 6) is 0.000749. The molecule has 0 unspecified atom stereocenters. The van der Waals surface area contributed by atoms with Gasteiger partial charge in [0.05, 0.1) is 6.61 Å². The van der Waals surface area contributed by atoms with E-state index in [1.54, 1.807) is 30.3 Å². The zero-order valence-corrected chi connectivity index (χ0v) is 12.8. The molecule has 0 fully saturated rings. The number of amides is 2. The van der Waals surface area contributed by atoms with Crippen molar-refractivity contribution in [1.29, 1.82) is 0 Å². The van der Waals surface area contributed by atoms with Crippen LogP contribution in [0.1, 0.15) is 22.8 Å². The van der Waals surface area contributed by atoms with E-state index in [0.29, 0.717) is 12.2 Å². The molecule has 0 saturated carbocycles. The van der Waals surface area contributed by atoms with Crippen LogP contribution in [0.5, 0.6) is 5.75 Å². The Labute approximate surface area is 134 Å². The molecule has 0 aliphatic carbocycles. The van der Waals surface area contributed by atoms with E-state index in [9.17, 15) is 9.59 Å². The highest BCUT2D eigenvalue weighted by Gasteiger charge is 2.04. The maximum absolute atomic E-state index is 11.8. The van der Waals surface area contributed by atoms with E-state index in [0.717, 1.165) is 11.3 Å². The Morgan fingerprint density at radius 3 is 2.35 bits per heavy atom. The molecular formula is C18H18N2O3. The Morgan fingerprint density at radius 1 is 1.00 bits per heavy atom. The maximum atomic E-state index is 11.8. The van der Waals surface area contributed by atoms with Gasteiger partial charge in [-0.1, -0.05) is 30.3 Å². The zero-order chi connectivity index (χ0) is 16.5. The summed E-state index contributed by atoms with van der Waals surface area (Å²) in [6.07, 6.45) is 3.00. The van der Waals surface area contributed by atoms with Crippen LogP contribution in [0, 0.1) is 0 Å². The molecule has 2 amide bonds. The standard InChI is InChI=1S/C18H18N2O3/c1-2-23-16-11-8-14(9-12-16)10-13-17(21)19-20-18(22)15-6-4-3-5-7-15/h3-13H,2H2,1H3,(H,19,21)(H,20,22)/b13-10+. The number of ether oxygens (including phenoxy) is 1. The fourth-order valence-corrected chi connectivity index (χ4v) is 1.84. The topological polar surface area (TPSA) is 67.4 Å². The normalized spacial score (nSPS) is 10.3. The van der Waals surface area contributed by atoms with Crippen molar-refractivity contribution in [3.05, 3.63) is 71.8 Å². The first-order chi connectivity index (χ1) is 11.2. The molecular weight excluding hydrogens is 292 g/mol. The van der Waals surface area contributed by atoms with Crippen LogP contribution in [0.2, 0.25) is 0 Å². The molecule has 0 aliphatic rings. The smallest absolute Gasteiger partial charge is 0.269 e. The van der Waals surface area contributed by atoms with Gasteiger partial charge in [-0.2, -0.15) is 0 Å². The molecule has 0 bridgehead atoms. The molecule has 0 radical (unpaired) electrons. The second kappa shape index (κ2) is 8.38. The maximum Gasteiger partial charge on any atom is 0.269 e. The molecule has 2 aromatic carbocycles. The first-order valence-electron chi connectivity index (χ1n) is 7.25. The number of nitrogens with one attached hydrogen (secondary N) is 2. The summed E-state index contributed by atoms with van der Waals surface area (Å²) in [5, 5.41) is 0. The van der Waals surface area contributed by atoms with E-state index >= 15 is 0 Å². The number of rotatable bonds is 5. The summed E-state index contributed by atoms with van der Waals surface area (Å²) >= 11 is 0. The van der Waals surface area contributed by atoms with E-state index < -0.39 is 5.91 Å². The quantitative estimate of drug-likeness (QED) is 0.659. The average Bonchev–Trinajstić information content (AvgIpc) is 2.60. The van der Waals surface area contributed by atoms with Gasteiger partial charge in [0.1, 0.15) is 5.75 Å². The number of hydrogen-bond acceptors (Lipinski definition) is 3. The van der Waals surface area contributed by atoms with Gasteiger partial charge in [0.2, 0.25) is 0 Å². The molecule has 23 heavy (non-hydrogen) atoms. The van der Waals surface area contributed by atoms with Crippen molar-refractivity contribution >= 4 is 17.9 Å². The fourth-order valence-electron chi connectivity index (χ4n) is 1.84. The molecule has 2 aromatic rings. The Kier molecular flexibility index (Phi) is 5.94. The molecule has 0 saturated heterocycles. The highest BCUT2D eigenvalue weighted by Crippen LogP contribution is 2.12. The first-order valence-corrected chi connectivity index (χ1v) is 7.25. The van der Waals surface area contributed by atoms with Crippen molar-refractivity contribution in [3.63, 3.8) is 0 Å². The highest BCUT2D eigenvalue weighted by molar-refractivity contribution is 5.97. The third-order valence-electron chi connectivity index (χ3n) is 2.95. The van der Waals surface area contributed by atoms with Gasteiger partial charge >= 0.3 is 0 Å². The van der Waals surface area contributed by atoms with Crippen LogP contribution in [-0.4, -0.2) is 18.4 Å². The third-order valence-corrected chi connectivity index (χ3v) is 2.95. The van der Waals surface area contributed by atoms with Crippen LogP contribution in [0.15, 0.2) is 60.7 Å². The molecule has 0 heterocycles.